The number of hydrogen-bond acceptors (Lipinski definition) is 4. The van der Waals surface area contributed by atoms with E-state index in [1.165, 1.54) is 0 Å². The Kier molecular flexibility index (Phi) is 6.69. The van der Waals surface area contributed by atoms with E-state index in [2.05, 4.69) is 16.3 Å². The van der Waals surface area contributed by atoms with Gasteiger partial charge >= 0.3 is 0 Å². The average Bonchev–Trinajstić information content (AvgIpc) is 2.64. The average molecular weight is 252 g/mol. The smallest absolute Gasteiger partial charge is 0.236 e. The van der Waals surface area contributed by atoms with Crippen molar-refractivity contribution in [1.29, 1.82) is 5.26 Å². The predicted molar refractivity (Wildman–Crippen MR) is 71.0 cm³/mol. The van der Waals surface area contributed by atoms with Crippen LogP contribution in [0.3, 0.4) is 0 Å². The van der Waals surface area contributed by atoms with Crippen LogP contribution in [0.2, 0.25) is 0 Å². The first-order valence-electron chi connectivity index (χ1n) is 6.77. The topological polar surface area (TPSA) is 59.4 Å². The van der Waals surface area contributed by atoms with Gasteiger partial charge in [-0.1, -0.05) is 0 Å². The first-order chi connectivity index (χ1) is 8.67. The van der Waals surface area contributed by atoms with E-state index in [1.807, 2.05) is 13.8 Å². The first-order valence-corrected chi connectivity index (χ1v) is 6.77. The van der Waals surface area contributed by atoms with Crippen LogP contribution in [0.15, 0.2) is 0 Å². The summed E-state index contributed by atoms with van der Waals surface area (Å²) in [5.41, 5.74) is 0. The van der Waals surface area contributed by atoms with Gasteiger partial charge in [-0.25, -0.2) is 0 Å². The normalized spacial score (nSPS) is 18.7. The molecule has 1 N–H and O–H groups in total. The van der Waals surface area contributed by atoms with Crippen molar-refractivity contribution in [2.45, 2.75) is 20.3 Å². The molecule has 0 aromatic rings. The molecule has 1 heterocycles. The zero-order valence-electron chi connectivity index (χ0n) is 11.5. The van der Waals surface area contributed by atoms with E-state index in [-0.39, 0.29) is 11.8 Å². The summed E-state index contributed by atoms with van der Waals surface area (Å²) in [4.78, 5) is 16.1. The molecule has 0 bridgehead atoms. The molecule has 1 saturated heterocycles. The number of rotatable bonds is 5. The Morgan fingerprint density at radius 2 is 2.28 bits per heavy atom. The maximum Gasteiger partial charge on any atom is 0.236 e. The van der Waals surface area contributed by atoms with Gasteiger partial charge in [0.15, 0.2) is 0 Å². The van der Waals surface area contributed by atoms with Crippen molar-refractivity contribution in [2.24, 2.45) is 5.92 Å². The standard InChI is InChI=1S/C13H24N4O/c1-3-17(10-12(2)9-14)13(18)11-16-7-4-5-15-6-8-16/h12,15H,3-8,10-11H2,1-2H3. The highest BCUT2D eigenvalue weighted by molar-refractivity contribution is 5.78. The van der Waals surface area contributed by atoms with Crippen molar-refractivity contribution < 1.29 is 4.79 Å². The van der Waals surface area contributed by atoms with Gasteiger partial charge in [0, 0.05) is 26.2 Å². The molecule has 0 saturated carbocycles. The van der Waals surface area contributed by atoms with Crippen LogP contribution in [0.25, 0.3) is 0 Å². The highest BCUT2D eigenvalue weighted by Crippen LogP contribution is 2.02. The largest absolute Gasteiger partial charge is 0.341 e. The number of nitriles is 1. The Bertz CT molecular complexity index is 292. The molecule has 1 rings (SSSR count). The molecule has 5 heteroatoms. The molecule has 0 aliphatic carbocycles. The van der Waals surface area contributed by atoms with Gasteiger partial charge in [0.2, 0.25) is 5.91 Å². The molecular weight excluding hydrogens is 228 g/mol. The van der Waals surface area contributed by atoms with Crippen molar-refractivity contribution in [1.82, 2.24) is 15.1 Å². The minimum absolute atomic E-state index is 0.0975. The van der Waals surface area contributed by atoms with Gasteiger partial charge in [0.1, 0.15) is 0 Å². The van der Waals surface area contributed by atoms with E-state index < -0.39 is 0 Å². The van der Waals surface area contributed by atoms with Crippen LogP contribution in [0.5, 0.6) is 0 Å². The SMILES string of the molecule is CCN(CC(C)C#N)C(=O)CN1CCCNCC1. The Morgan fingerprint density at radius 1 is 1.50 bits per heavy atom. The van der Waals surface area contributed by atoms with E-state index in [0.717, 1.165) is 32.6 Å². The van der Waals surface area contributed by atoms with Crippen molar-refractivity contribution in [3.8, 4) is 6.07 Å². The summed E-state index contributed by atoms with van der Waals surface area (Å²) in [5, 5.41) is 12.1. The molecule has 1 amide bonds. The van der Waals surface area contributed by atoms with Crippen LogP contribution >= 0.6 is 0 Å². The van der Waals surface area contributed by atoms with E-state index in [4.69, 9.17) is 5.26 Å². The fourth-order valence-corrected chi connectivity index (χ4v) is 2.13. The number of nitrogens with zero attached hydrogens (tertiary/aromatic N) is 3. The van der Waals surface area contributed by atoms with Gasteiger partial charge < -0.3 is 10.2 Å². The number of nitrogens with one attached hydrogen (secondary N) is 1. The number of likely N-dealkylation sites (N-methyl/N-ethyl adjacent to an activating group) is 1. The van der Waals surface area contributed by atoms with Crippen LogP contribution < -0.4 is 5.32 Å². The molecule has 0 spiro atoms. The molecule has 0 aromatic carbocycles. The zero-order valence-corrected chi connectivity index (χ0v) is 11.5. The Balaban J connectivity index is 2.43. The van der Waals surface area contributed by atoms with E-state index in [1.54, 1.807) is 4.90 Å². The van der Waals surface area contributed by atoms with E-state index in [0.29, 0.717) is 19.6 Å². The maximum atomic E-state index is 12.2. The Labute approximate surface area is 110 Å². The molecule has 5 nitrogen and oxygen atoms in total. The van der Waals surface area contributed by atoms with Gasteiger partial charge in [0.05, 0.1) is 18.5 Å². The highest BCUT2D eigenvalue weighted by atomic mass is 16.2. The quantitative estimate of drug-likeness (QED) is 0.764. The van der Waals surface area contributed by atoms with Crippen molar-refractivity contribution in [3.63, 3.8) is 0 Å². The second kappa shape index (κ2) is 8.06. The number of carbonyl (C=O) groups excluding carboxylic acids is 1. The summed E-state index contributed by atoms with van der Waals surface area (Å²) >= 11 is 0. The summed E-state index contributed by atoms with van der Waals surface area (Å²) in [7, 11) is 0. The van der Waals surface area contributed by atoms with Crippen LogP contribution in [0.4, 0.5) is 0 Å². The van der Waals surface area contributed by atoms with Crippen molar-refractivity contribution >= 4 is 5.91 Å². The third-order valence-corrected chi connectivity index (χ3v) is 3.24. The summed E-state index contributed by atoms with van der Waals surface area (Å²) in [5.74, 6) is 0.0428. The van der Waals surface area contributed by atoms with Crippen LogP contribution in [-0.2, 0) is 4.79 Å². The van der Waals surface area contributed by atoms with Crippen LogP contribution in [-0.4, -0.2) is 61.5 Å². The third-order valence-electron chi connectivity index (χ3n) is 3.24. The van der Waals surface area contributed by atoms with Gasteiger partial charge in [-0.2, -0.15) is 5.26 Å². The zero-order chi connectivity index (χ0) is 13.4. The fourth-order valence-electron chi connectivity index (χ4n) is 2.13. The summed E-state index contributed by atoms with van der Waals surface area (Å²) in [6.07, 6.45) is 1.09. The molecule has 102 valence electrons. The van der Waals surface area contributed by atoms with Crippen LogP contribution in [0, 0.1) is 17.2 Å². The first kappa shape index (κ1) is 14.9. The number of carbonyl (C=O) groups is 1. The third kappa shape index (κ3) is 5.03. The van der Waals surface area contributed by atoms with Crippen molar-refractivity contribution in [3.05, 3.63) is 0 Å². The fraction of sp³-hybridized carbons (Fsp3) is 0.846. The lowest BCUT2D eigenvalue weighted by Crippen LogP contribution is -2.43. The number of amides is 1. The second-order valence-corrected chi connectivity index (χ2v) is 4.84. The molecule has 1 aliphatic rings. The second-order valence-electron chi connectivity index (χ2n) is 4.84. The molecule has 0 aromatic heterocycles. The molecule has 0 radical (unpaired) electrons. The highest BCUT2D eigenvalue weighted by Gasteiger charge is 2.18. The monoisotopic (exact) mass is 252 g/mol. The lowest BCUT2D eigenvalue weighted by atomic mass is 10.2. The lowest BCUT2D eigenvalue weighted by molar-refractivity contribution is -0.132. The lowest BCUT2D eigenvalue weighted by Gasteiger charge is -2.26. The molecule has 1 unspecified atom stereocenters. The summed E-state index contributed by atoms with van der Waals surface area (Å²) < 4.78 is 0. The van der Waals surface area contributed by atoms with E-state index >= 15 is 0 Å². The molecular formula is C13H24N4O. The van der Waals surface area contributed by atoms with Gasteiger partial charge in [-0.3, -0.25) is 9.69 Å². The minimum Gasteiger partial charge on any atom is -0.341 e. The Hall–Kier alpha value is -1.12. The van der Waals surface area contributed by atoms with Crippen LogP contribution in [0.1, 0.15) is 20.3 Å². The number of hydrogen-bond donors (Lipinski definition) is 1. The molecule has 18 heavy (non-hydrogen) atoms. The van der Waals surface area contributed by atoms with Gasteiger partial charge in [0.25, 0.3) is 0 Å². The molecule has 1 atom stereocenters. The molecule has 1 aliphatic heterocycles. The molecule has 1 fully saturated rings. The predicted octanol–water partition coefficient (Wildman–Crippen LogP) is 0.290. The van der Waals surface area contributed by atoms with Gasteiger partial charge in [-0.05, 0) is 33.4 Å². The van der Waals surface area contributed by atoms with Gasteiger partial charge in [-0.15, -0.1) is 0 Å². The van der Waals surface area contributed by atoms with E-state index in [9.17, 15) is 4.79 Å². The maximum absolute atomic E-state index is 12.2. The Morgan fingerprint density at radius 3 is 2.94 bits per heavy atom. The summed E-state index contributed by atoms with van der Waals surface area (Å²) in [6, 6.07) is 2.18. The van der Waals surface area contributed by atoms with Crippen molar-refractivity contribution in [2.75, 3.05) is 45.8 Å². The minimum atomic E-state index is -0.0975. The summed E-state index contributed by atoms with van der Waals surface area (Å²) in [6.45, 7) is 9.41.